The maximum absolute atomic E-state index is 13.4. The standard InChI is InChI=1S/C28H28N2O4S/c1-18-16-30(17-19(2)34-18)22-11-7-21(8-12-22)26-15-29-27-24(5-4-6-25(27)28(26)31)20-9-13-23(14-10-20)35(3,32)33/h4-15,18-19H,16-17H2,1-3H3,(H,29,31). The molecule has 1 saturated heterocycles. The molecule has 2 heterocycles. The Kier molecular flexibility index (Phi) is 5.99. The van der Waals surface area contributed by atoms with Gasteiger partial charge in [0.1, 0.15) is 0 Å². The van der Waals surface area contributed by atoms with Crippen LogP contribution in [0.4, 0.5) is 5.69 Å². The summed E-state index contributed by atoms with van der Waals surface area (Å²) in [7, 11) is -3.27. The number of hydrogen-bond donors (Lipinski definition) is 1. The number of fused-ring (bicyclic) bond motifs is 1. The number of aromatic nitrogens is 1. The molecule has 0 bridgehead atoms. The van der Waals surface area contributed by atoms with Gasteiger partial charge in [0.05, 0.1) is 22.6 Å². The molecular weight excluding hydrogens is 460 g/mol. The van der Waals surface area contributed by atoms with Crippen molar-refractivity contribution < 1.29 is 13.2 Å². The third-order valence-corrected chi connectivity index (χ3v) is 7.60. The summed E-state index contributed by atoms with van der Waals surface area (Å²) in [5.74, 6) is 0. The highest BCUT2D eigenvalue weighted by atomic mass is 32.2. The van der Waals surface area contributed by atoms with E-state index in [0.29, 0.717) is 10.9 Å². The maximum Gasteiger partial charge on any atom is 0.197 e. The Morgan fingerprint density at radius 1 is 0.857 bits per heavy atom. The minimum Gasteiger partial charge on any atom is -0.372 e. The van der Waals surface area contributed by atoms with Crippen LogP contribution in [0.2, 0.25) is 0 Å². The fraction of sp³-hybridized carbons (Fsp3) is 0.250. The van der Waals surface area contributed by atoms with Gasteiger partial charge in [0, 0.05) is 47.7 Å². The minimum absolute atomic E-state index is 0.0466. The maximum atomic E-state index is 13.4. The first kappa shape index (κ1) is 23.3. The Morgan fingerprint density at radius 3 is 2.09 bits per heavy atom. The topological polar surface area (TPSA) is 79.5 Å². The largest absolute Gasteiger partial charge is 0.372 e. The molecule has 180 valence electrons. The molecule has 1 aromatic heterocycles. The van der Waals surface area contributed by atoms with Gasteiger partial charge in [-0.15, -0.1) is 0 Å². The lowest BCUT2D eigenvalue weighted by atomic mass is 9.99. The van der Waals surface area contributed by atoms with E-state index >= 15 is 0 Å². The number of pyridine rings is 1. The molecule has 1 N–H and O–H groups in total. The van der Waals surface area contributed by atoms with Crippen LogP contribution in [-0.4, -0.2) is 45.0 Å². The van der Waals surface area contributed by atoms with Crippen LogP contribution in [0.5, 0.6) is 0 Å². The molecule has 7 heteroatoms. The Morgan fingerprint density at radius 2 is 1.46 bits per heavy atom. The molecule has 0 saturated carbocycles. The van der Waals surface area contributed by atoms with Crippen LogP contribution in [0.1, 0.15) is 13.8 Å². The van der Waals surface area contributed by atoms with Gasteiger partial charge in [0.25, 0.3) is 0 Å². The van der Waals surface area contributed by atoms with Gasteiger partial charge in [-0.3, -0.25) is 4.79 Å². The summed E-state index contributed by atoms with van der Waals surface area (Å²) in [5.41, 5.74) is 4.94. The molecule has 3 aromatic carbocycles. The van der Waals surface area contributed by atoms with Gasteiger partial charge in [-0.25, -0.2) is 8.42 Å². The van der Waals surface area contributed by atoms with Gasteiger partial charge in [-0.1, -0.05) is 36.4 Å². The SMILES string of the molecule is CC1CN(c2ccc(-c3c[nH]c4c(-c5ccc(S(C)(=O)=O)cc5)cccc4c3=O)cc2)CC(C)O1. The van der Waals surface area contributed by atoms with Crippen molar-refractivity contribution >= 4 is 26.4 Å². The van der Waals surface area contributed by atoms with E-state index in [-0.39, 0.29) is 22.5 Å². The summed E-state index contributed by atoms with van der Waals surface area (Å²) >= 11 is 0. The molecule has 0 spiro atoms. The van der Waals surface area contributed by atoms with Crippen LogP contribution in [-0.2, 0) is 14.6 Å². The lowest BCUT2D eigenvalue weighted by molar-refractivity contribution is -0.00521. The second-order valence-electron chi connectivity index (χ2n) is 9.27. The minimum atomic E-state index is -3.27. The first-order valence-electron chi connectivity index (χ1n) is 11.7. The van der Waals surface area contributed by atoms with E-state index < -0.39 is 9.84 Å². The number of nitrogens with one attached hydrogen (secondary N) is 1. The van der Waals surface area contributed by atoms with E-state index in [4.69, 9.17) is 4.74 Å². The molecule has 2 atom stereocenters. The molecule has 5 rings (SSSR count). The summed E-state index contributed by atoms with van der Waals surface area (Å²) < 4.78 is 29.4. The lowest BCUT2D eigenvalue weighted by Gasteiger charge is -2.36. The van der Waals surface area contributed by atoms with Crippen LogP contribution in [0.3, 0.4) is 0 Å². The fourth-order valence-electron chi connectivity index (χ4n) is 4.83. The highest BCUT2D eigenvalue weighted by Crippen LogP contribution is 2.29. The van der Waals surface area contributed by atoms with Gasteiger partial charge < -0.3 is 14.6 Å². The second-order valence-corrected chi connectivity index (χ2v) is 11.3. The molecule has 1 aliphatic heterocycles. The van der Waals surface area contributed by atoms with Crippen molar-refractivity contribution in [3.05, 3.63) is 83.2 Å². The molecule has 2 unspecified atom stereocenters. The van der Waals surface area contributed by atoms with Crippen molar-refractivity contribution in [1.29, 1.82) is 0 Å². The van der Waals surface area contributed by atoms with Gasteiger partial charge in [-0.05, 0) is 55.3 Å². The Labute approximate surface area is 205 Å². The fourth-order valence-corrected chi connectivity index (χ4v) is 5.46. The predicted octanol–water partition coefficient (Wildman–Crippen LogP) is 4.88. The lowest BCUT2D eigenvalue weighted by Crippen LogP contribution is -2.45. The summed E-state index contributed by atoms with van der Waals surface area (Å²) in [4.78, 5) is 19.3. The molecule has 35 heavy (non-hydrogen) atoms. The van der Waals surface area contributed by atoms with Crippen molar-refractivity contribution in [2.24, 2.45) is 0 Å². The summed E-state index contributed by atoms with van der Waals surface area (Å²) in [6.07, 6.45) is 3.30. The van der Waals surface area contributed by atoms with E-state index in [0.717, 1.165) is 41.0 Å². The number of rotatable bonds is 4. The zero-order chi connectivity index (χ0) is 24.7. The number of benzene rings is 3. The van der Waals surface area contributed by atoms with E-state index in [9.17, 15) is 13.2 Å². The zero-order valence-corrected chi connectivity index (χ0v) is 20.8. The van der Waals surface area contributed by atoms with Gasteiger partial charge in [0.2, 0.25) is 0 Å². The second kappa shape index (κ2) is 8.98. The van der Waals surface area contributed by atoms with Crippen LogP contribution in [0, 0.1) is 0 Å². The third kappa shape index (κ3) is 4.61. The molecule has 0 radical (unpaired) electrons. The van der Waals surface area contributed by atoms with E-state index in [1.807, 2.05) is 30.3 Å². The predicted molar refractivity (Wildman–Crippen MR) is 141 cm³/mol. The molecule has 6 nitrogen and oxygen atoms in total. The number of aromatic amines is 1. The molecule has 4 aromatic rings. The van der Waals surface area contributed by atoms with Crippen LogP contribution in [0.25, 0.3) is 33.2 Å². The molecule has 1 fully saturated rings. The monoisotopic (exact) mass is 488 g/mol. The summed E-state index contributed by atoms with van der Waals surface area (Å²) in [6, 6.07) is 20.4. The summed E-state index contributed by atoms with van der Waals surface area (Å²) in [5, 5.41) is 0.590. The number of ether oxygens (including phenoxy) is 1. The van der Waals surface area contributed by atoms with Gasteiger partial charge in [0.15, 0.2) is 15.3 Å². The number of anilines is 1. The number of hydrogen-bond acceptors (Lipinski definition) is 5. The highest BCUT2D eigenvalue weighted by Gasteiger charge is 2.22. The number of morpholine rings is 1. The highest BCUT2D eigenvalue weighted by molar-refractivity contribution is 7.90. The summed E-state index contributed by atoms with van der Waals surface area (Å²) in [6.45, 7) is 5.85. The molecule has 0 aliphatic carbocycles. The molecule has 1 aliphatic rings. The normalized spacial score (nSPS) is 18.7. The average Bonchev–Trinajstić information content (AvgIpc) is 2.83. The Balaban J connectivity index is 1.49. The zero-order valence-electron chi connectivity index (χ0n) is 20.0. The quantitative estimate of drug-likeness (QED) is 0.443. The number of nitrogens with zero attached hydrogens (tertiary/aromatic N) is 1. The third-order valence-electron chi connectivity index (χ3n) is 6.47. The van der Waals surface area contributed by atoms with E-state index in [1.165, 1.54) is 6.26 Å². The molecule has 0 amide bonds. The van der Waals surface area contributed by atoms with Crippen LogP contribution < -0.4 is 10.3 Å². The van der Waals surface area contributed by atoms with Crippen LogP contribution >= 0.6 is 0 Å². The molecular formula is C28H28N2O4S. The smallest absolute Gasteiger partial charge is 0.197 e. The van der Waals surface area contributed by atoms with Crippen molar-refractivity contribution in [3.8, 4) is 22.3 Å². The number of sulfone groups is 1. The van der Waals surface area contributed by atoms with Gasteiger partial charge >= 0.3 is 0 Å². The first-order chi connectivity index (χ1) is 16.7. The average molecular weight is 489 g/mol. The Bertz CT molecular complexity index is 1530. The van der Waals surface area contributed by atoms with E-state index in [2.05, 4.69) is 35.9 Å². The van der Waals surface area contributed by atoms with Crippen molar-refractivity contribution in [1.82, 2.24) is 4.98 Å². The van der Waals surface area contributed by atoms with Gasteiger partial charge in [-0.2, -0.15) is 0 Å². The number of H-pyrrole nitrogens is 1. The van der Waals surface area contributed by atoms with Crippen LogP contribution in [0.15, 0.2) is 82.6 Å². The van der Waals surface area contributed by atoms with Crippen molar-refractivity contribution in [3.63, 3.8) is 0 Å². The van der Waals surface area contributed by atoms with Crippen molar-refractivity contribution in [2.45, 2.75) is 31.0 Å². The van der Waals surface area contributed by atoms with E-state index in [1.54, 1.807) is 30.5 Å². The van der Waals surface area contributed by atoms with Crippen molar-refractivity contribution in [2.75, 3.05) is 24.2 Å². The number of para-hydroxylation sites is 1. The Hall–Kier alpha value is -3.42. The first-order valence-corrected chi connectivity index (χ1v) is 13.6.